The minimum atomic E-state index is 0.103. The molecule has 1 fully saturated rings. The molecule has 0 bridgehead atoms. The Balaban J connectivity index is 1.76. The minimum absolute atomic E-state index is 0.103. The molecule has 0 spiro atoms. The summed E-state index contributed by atoms with van der Waals surface area (Å²) in [5.74, 6) is 0. The van der Waals surface area contributed by atoms with Gasteiger partial charge in [-0.2, -0.15) is 0 Å². The maximum absolute atomic E-state index is 5.86. The van der Waals surface area contributed by atoms with E-state index in [1.807, 2.05) is 19.1 Å². The van der Waals surface area contributed by atoms with Crippen molar-refractivity contribution in [2.75, 3.05) is 24.6 Å². The van der Waals surface area contributed by atoms with Crippen molar-refractivity contribution in [3.8, 4) is 0 Å². The zero-order chi connectivity index (χ0) is 13.2. The predicted octanol–water partition coefficient (Wildman–Crippen LogP) is 3.19. The highest BCUT2D eigenvalue weighted by atomic mass is 79.9. The van der Waals surface area contributed by atoms with Gasteiger partial charge < -0.3 is 9.64 Å². The van der Waals surface area contributed by atoms with Gasteiger partial charge in [0.25, 0.3) is 0 Å². The van der Waals surface area contributed by atoms with Gasteiger partial charge in [-0.1, -0.05) is 39.4 Å². The smallest absolute Gasteiger partial charge is 0.208 e. The molecule has 0 saturated carbocycles. The van der Waals surface area contributed by atoms with Gasteiger partial charge >= 0.3 is 0 Å². The highest BCUT2D eigenvalue weighted by Crippen LogP contribution is 2.28. The largest absolute Gasteiger partial charge is 0.370 e. The fraction of sp³-hybridized carbons (Fsp3) is 0.385. The van der Waals surface area contributed by atoms with Crippen LogP contribution in [0.15, 0.2) is 28.7 Å². The number of anilines is 1. The normalized spacial score (nSPS) is 19.7. The first-order valence-corrected chi connectivity index (χ1v) is 7.75. The quantitative estimate of drug-likeness (QED) is 0.842. The summed E-state index contributed by atoms with van der Waals surface area (Å²) in [6.07, 6.45) is 0.103. The highest BCUT2D eigenvalue weighted by molar-refractivity contribution is 9.10. The van der Waals surface area contributed by atoms with Gasteiger partial charge in [-0.15, -0.1) is 10.2 Å². The molecule has 19 heavy (non-hydrogen) atoms. The Morgan fingerprint density at radius 1 is 1.32 bits per heavy atom. The number of benzene rings is 1. The summed E-state index contributed by atoms with van der Waals surface area (Å²) < 4.78 is 6.95. The zero-order valence-corrected chi connectivity index (χ0v) is 12.9. The van der Waals surface area contributed by atoms with Gasteiger partial charge in [0.15, 0.2) is 0 Å². The third kappa shape index (κ3) is 2.96. The van der Waals surface area contributed by atoms with E-state index in [0.29, 0.717) is 0 Å². The van der Waals surface area contributed by atoms with Gasteiger partial charge in [0.05, 0.1) is 13.2 Å². The molecular formula is C13H14BrN3OS. The fourth-order valence-electron chi connectivity index (χ4n) is 2.12. The van der Waals surface area contributed by atoms with Crippen molar-refractivity contribution in [1.82, 2.24) is 10.2 Å². The van der Waals surface area contributed by atoms with E-state index in [9.17, 15) is 0 Å². The monoisotopic (exact) mass is 339 g/mol. The molecule has 2 heterocycles. The molecule has 0 aliphatic carbocycles. The maximum atomic E-state index is 5.86. The second kappa shape index (κ2) is 5.56. The molecule has 0 N–H and O–H groups in total. The van der Waals surface area contributed by atoms with Gasteiger partial charge in [-0.3, -0.25) is 0 Å². The Morgan fingerprint density at radius 2 is 2.11 bits per heavy atom. The standard InChI is InChI=1S/C13H14BrN3OS/c1-9-15-16-13(19-9)17-6-7-18-12(8-17)10-2-4-11(14)5-3-10/h2-5,12H,6-8H2,1H3/t12-/m0/s1. The molecule has 4 nitrogen and oxygen atoms in total. The van der Waals surface area contributed by atoms with Gasteiger partial charge in [0.2, 0.25) is 5.13 Å². The molecule has 1 aromatic carbocycles. The van der Waals surface area contributed by atoms with Gasteiger partial charge in [0, 0.05) is 11.0 Å². The van der Waals surface area contributed by atoms with Crippen molar-refractivity contribution in [3.05, 3.63) is 39.3 Å². The lowest BCUT2D eigenvalue weighted by Gasteiger charge is -2.32. The molecule has 2 aromatic rings. The Labute approximate surface area is 124 Å². The second-order valence-electron chi connectivity index (χ2n) is 4.46. The zero-order valence-electron chi connectivity index (χ0n) is 10.5. The first-order chi connectivity index (χ1) is 9.22. The van der Waals surface area contributed by atoms with Crippen LogP contribution >= 0.6 is 27.3 Å². The van der Waals surface area contributed by atoms with Crippen molar-refractivity contribution < 1.29 is 4.74 Å². The van der Waals surface area contributed by atoms with E-state index in [-0.39, 0.29) is 6.10 Å². The third-order valence-electron chi connectivity index (χ3n) is 3.09. The van der Waals surface area contributed by atoms with Crippen LogP contribution in [0, 0.1) is 6.92 Å². The number of hydrogen-bond acceptors (Lipinski definition) is 5. The van der Waals surface area contributed by atoms with E-state index in [1.54, 1.807) is 11.3 Å². The Kier molecular flexibility index (Phi) is 3.81. The lowest BCUT2D eigenvalue weighted by atomic mass is 10.1. The summed E-state index contributed by atoms with van der Waals surface area (Å²) in [5, 5.41) is 10.3. The molecule has 0 radical (unpaired) electrons. The number of ether oxygens (including phenoxy) is 1. The summed E-state index contributed by atoms with van der Waals surface area (Å²) in [6, 6.07) is 8.30. The number of halogens is 1. The van der Waals surface area contributed by atoms with Crippen LogP contribution in [0.5, 0.6) is 0 Å². The molecule has 100 valence electrons. The predicted molar refractivity (Wildman–Crippen MR) is 79.7 cm³/mol. The van der Waals surface area contributed by atoms with Crippen molar-refractivity contribution in [2.45, 2.75) is 13.0 Å². The SMILES string of the molecule is Cc1nnc(N2CCO[C@H](c3ccc(Br)cc3)C2)s1. The fourth-order valence-corrected chi connectivity index (χ4v) is 3.10. The van der Waals surface area contributed by atoms with Crippen LogP contribution in [0.4, 0.5) is 5.13 Å². The van der Waals surface area contributed by atoms with Crippen molar-refractivity contribution >= 4 is 32.4 Å². The number of nitrogens with zero attached hydrogens (tertiary/aromatic N) is 3. The molecule has 1 aliphatic heterocycles. The van der Waals surface area contributed by atoms with E-state index in [4.69, 9.17) is 4.74 Å². The summed E-state index contributed by atoms with van der Waals surface area (Å²) >= 11 is 5.09. The average molecular weight is 340 g/mol. The molecule has 0 unspecified atom stereocenters. The Hall–Kier alpha value is -0.980. The molecule has 1 atom stereocenters. The third-order valence-corrected chi connectivity index (χ3v) is 4.52. The molecule has 0 amide bonds. The maximum Gasteiger partial charge on any atom is 0.208 e. The lowest BCUT2D eigenvalue weighted by molar-refractivity contribution is 0.0397. The minimum Gasteiger partial charge on any atom is -0.370 e. The number of rotatable bonds is 2. The Bertz CT molecular complexity index is 557. The second-order valence-corrected chi connectivity index (χ2v) is 6.54. The average Bonchev–Trinajstić information content (AvgIpc) is 2.86. The first-order valence-electron chi connectivity index (χ1n) is 6.14. The topological polar surface area (TPSA) is 38.2 Å². The van der Waals surface area contributed by atoms with E-state index >= 15 is 0 Å². The summed E-state index contributed by atoms with van der Waals surface area (Å²) in [7, 11) is 0. The van der Waals surface area contributed by atoms with Crippen LogP contribution < -0.4 is 4.90 Å². The van der Waals surface area contributed by atoms with Crippen molar-refractivity contribution in [2.24, 2.45) is 0 Å². The van der Waals surface area contributed by atoms with Crippen molar-refractivity contribution in [1.29, 1.82) is 0 Å². The number of morpholine rings is 1. The van der Waals surface area contributed by atoms with E-state index < -0.39 is 0 Å². The Morgan fingerprint density at radius 3 is 2.79 bits per heavy atom. The van der Waals surface area contributed by atoms with Crippen LogP contribution in [0.1, 0.15) is 16.7 Å². The summed E-state index contributed by atoms with van der Waals surface area (Å²) in [4.78, 5) is 2.25. The van der Waals surface area contributed by atoms with Gasteiger partial charge in [-0.05, 0) is 24.6 Å². The first kappa shape index (κ1) is 13.0. The summed E-state index contributed by atoms with van der Waals surface area (Å²) in [6.45, 7) is 4.41. The number of hydrogen-bond donors (Lipinski definition) is 0. The van der Waals surface area contributed by atoms with E-state index in [2.05, 4.69) is 43.2 Å². The van der Waals surface area contributed by atoms with Crippen LogP contribution in [-0.4, -0.2) is 29.9 Å². The van der Waals surface area contributed by atoms with Crippen LogP contribution in [0.2, 0.25) is 0 Å². The van der Waals surface area contributed by atoms with Gasteiger partial charge in [-0.25, -0.2) is 0 Å². The van der Waals surface area contributed by atoms with Crippen LogP contribution in [-0.2, 0) is 4.74 Å². The number of aromatic nitrogens is 2. The summed E-state index contributed by atoms with van der Waals surface area (Å²) in [5.41, 5.74) is 1.20. The molecule has 1 aliphatic rings. The molecule has 1 saturated heterocycles. The van der Waals surface area contributed by atoms with Gasteiger partial charge in [0.1, 0.15) is 11.1 Å². The molecular weight excluding hydrogens is 326 g/mol. The van der Waals surface area contributed by atoms with Crippen LogP contribution in [0.3, 0.4) is 0 Å². The highest BCUT2D eigenvalue weighted by Gasteiger charge is 2.24. The van der Waals surface area contributed by atoms with Crippen molar-refractivity contribution in [3.63, 3.8) is 0 Å². The molecule has 6 heteroatoms. The van der Waals surface area contributed by atoms with E-state index in [1.165, 1.54) is 5.56 Å². The molecule has 3 rings (SSSR count). The molecule has 1 aromatic heterocycles. The van der Waals surface area contributed by atoms with E-state index in [0.717, 1.165) is 34.3 Å². The lowest BCUT2D eigenvalue weighted by Crippen LogP contribution is -2.38. The van der Waals surface area contributed by atoms with Crippen LogP contribution in [0.25, 0.3) is 0 Å². The number of aryl methyl sites for hydroxylation is 1.